The number of nitrogens with one attached hydrogen (secondary N) is 1. The van der Waals surface area contributed by atoms with Crippen LogP contribution in [0.5, 0.6) is 0 Å². The van der Waals surface area contributed by atoms with Crippen LogP contribution in [0.2, 0.25) is 0 Å². The number of benzene rings is 1. The highest BCUT2D eigenvalue weighted by Gasteiger charge is 2.42. The van der Waals surface area contributed by atoms with Gasteiger partial charge in [0.1, 0.15) is 5.56 Å². The molecule has 174 valence electrons. The minimum absolute atomic E-state index is 0.117. The number of allylic oxidation sites excluding steroid dienone is 4. The van der Waals surface area contributed by atoms with Crippen LogP contribution in [0.1, 0.15) is 67.8 Å². The molecule has 3 aliphatic rings. The number of aromatic nitrogens is 2. The Morgan fingerprint density at radius 3 is 2.76 bits per heavy atom. The number of fused-ring (bicyclic) bond motifs is 4. The summed E-state index contributed by atoms with van der Waals surface area (Å²) in [5, 5.41) is 13.3. The summed E-state index contributed by atoms with van der Waals surface area (Å²) in [6.45, 7) is 6.31. The summed E-state index contributed by atoms with van der Waals surface area (Å²) >= 11 is 1.63. The second-order valence-electron chi connectivity index (χ2n) is 10.6. The lowest BCUT2D eigenvalue weighted by atomic mass is 9.85. The van der Waals surface area contributed by atoms with Crippen molar-refractivity contribution in [3.8, 4) is 0 Å². The quantitative estimate of drug-likeness (QED) is 0.536. The monoisotopic (exact) mass is 473 g/mol. The van der Waals surface area contributed by atoms with Crippen LogP contribution < -0.4 is 10.7 Å². The standard InChI is InChI=1S/C27H27N3O3S/c1-27(2,3)29-22-10-15-9-17(14-7-8-14)24(16-5-4-6-21-25(16)28-13-34-21)23(15)19-11-20(31)18(26(32)33)12-30(19)22/h4-6,9,11-15,22,29H,7-8,10H2,1-3H3,(H,32,33). The molecule has 2 N–H and O–H groups in total. The highest BCUT2D eigenvalue weighted by molar-refractivity contribution is 7.16. The highest BCUT2D eigenvalue weighted by atomic mass is 32.1. The van der Waals surface area contributed by atoms with E-state index in [0.29, 0.717) is 5.92 Å². The van der Waals surface area contributed by atoms with Crippen molar-refractivity contribution in [2.75, 3.05) is 0 Å². The van der Waals surface area contributed by atoms with Crippen LogP contribution in [0.3, 0.4) is 0 Å². The van der Waals surface area contributed by atoms with Gasteiger partial charge in [0.15, 0.2) is 5.43 Å². The third kappa shape index (κ3) is 3.46. The molecule has 3 heterocycles. The fourth-order valence-electron chi connectivity index (χ4n) is 5.52. The Kier molecular flexibility index (Phi) is 4.73. The average molecular weight is 474 g/mol. The van der Waals surface area contributed by atoms with E-state index in [1.165, 1.54) is 36.3 Å². The number of aromatic carboxylic acids is 1. The molecule has 0 bridgehead atoms. The zero-order chi connectivity index (χ0) is 23.8. The molecule has 6 nitrogen and oxygen atoms in total. The zero-order valence-electron chi connectivity index (χ0n) is 19.5. The van der Waals surface area contributed by atoms with E-state index >= 15 is 0 Å². The second kappa shape index (κ2) is 7.48. The summed E-state index contributed by atoms with van der Waals surface area (Å²) in [6.07, 6.45) is 6.97. The molecule has 3 aromatic rings. The molecule has 0 saturated heterocycles. The van der Waals surface area contributed by atoms with Crippen LogP contribution in [-0.4, -0.2) is 26.2 Å². The van der Waals surface area contributed by atoms with Gasteiger partial charge in [-0.2, -0.15) is 0 Å². The molecule has 1 saturated carbocycles. The smallest absolute Gasteiger partial charge is 0.341 e. The van der Waals surface area contributed by atoms with E-state index in [9.17, 15) is 14.7 Å². The Balaban J connectivity index is 1.64. The number of hydrogen-bond donors (Lipinski definition) is 2. The van der Waals surface area contributed by atoms with Gasteiger partial charge >= 0.3 is 5.97 Å². The maximum atomic E-state index is 12.9. The van der Waals surface area contributed by atoms with Gasteiger partial charge in [-0.25, -0.2) is 9.78 Å². The lowest BCUT2D eigenvalue weighted by Gasteiger charge is -2.38. The van der Waals surface area contributed by atoms with Gasteiger partial charge in [0, 0.05) is 29.3 Å². The predicted octanol–water partition coefficient (Wildman–Crippen LogP) is 5.32. The first-order chi connectivity index (χ1) is 16.2. The average Bonchev–Trinajstić information content (AvgIpc) is 3.36. The third-order valence-electron chi connectivity index (χ3n) is 6.96. The molecule has 1 aliphatic heterocycles. The number of nitrogens with zero attached hydrogens (tertiary/aromatic N) is 2. The van der Waals surface area contributed by atoms with Crippen molar-refractivity contribution >= 4 is 38.7 Å². The maximum absolute atomic E-state index is 12.9. The molecule has 2 aromatic heterocycles. The van der Waals surface area contributed by atoms with Crippen molar-refractivity contribution in [3.05, 3.63) is 74.7 Å². The number of hydrogen-bond acceptors (Lipinski definition) is 5. The minimum Gasteiger partial charge on any atom is -0.477 e. The first-order valence-electron chi connectivity index (χ1n) is 11.8. The summed E-state index contributed by atoms with van der Waals surface area (Å²) < 4.78 is 3.12. The molecule has 1 aromatic carbocycles. The number of carboxylic acid groups (broad SMARTS) is 1. The SMILES string of the molecule is CC(C)(C)NC1CC2C=C(C3CC3)C(c3cccc4scnc34)=C2c2cc(=O)c(C(=O)O)cn21. The summed E-state index contributed by atoms with van der Waals surface area (Å²) in [6, 6.07) is 7.84. The fraction of sp³-hybridized carbons (Fsp3) is 0.370. The molecule has 2 unspecified atom stereocenters. The van der Waals surface area contributed by atoms with Gasteiger partial charge in [0.2, 0.25) is 0 Å². The molecule has 7 heteroatoms. The van der Waals surface area contributed by atoms with E-state index in [1.807, 2.05) is 10.1 Å². The van der Waals surface area contributed by atoms with Crippen molar-refractivity contribution in [1.82, 2.24) is 14.9 Å². The topological polar surface area (TPSA) is 84.2 Å². The molecule has 2 atom stereocenters. The Morgan fingerprint density at radius 2 is 2.06 bits per heavy atom. The first-order valence-corrected chi connectivity index (χ1v) is 12.7. The number of para-hydroxylation sites is 1. The van der Waals surface area contributed by atoms with Gasteiger partial charge in [0.05, 0.1) is 27.6 Å². The van der Waals surface area contributed by atoms with Crippen LogP contribution in [0.25, 0.3) is 21.4 Å². The van der Waals surface area contributed by atoms with Crippen molar-refractivity contribution in [2.24, 2.45) is 11.8 Å². The molecular formula is C27H27N3O3S. The number of carboxylic acids is 1. The van der Waals surface area contributed by atoms with Crippen LogP contribution in [0.4, 0.5) is 0 Å². The molecule has 0 amide bonds. The molecule has 0 radical (unpaired) electrons. The van der Waals surface area contributed by atoms with E-state index in [0.717, 1.165) is 33.5 Å². The van der Waals surface area contributed by atoms with Gasteiger partial charge in [-0.3, -0.25) is 10.1 Å². The first kappa shape index (κ1) is 21.5. The maximum Gasteiger partial charge on any atom is 0.341 e. The summed E-state index contributed by atoms with van der Waals surface area (Å²) in [4.78, 5) is 29.4. The molecule has 1 fully saturated rings. The predicted molar refractivity (Wildman–Crippen MR) is 135 cm³/mol. The summed E-state index contributed by atoms with van der Waals surface area (Å²) in [7, 11) is 0. The minimum atomic E-state index is -1.19. The molecule has 34 heavy (non-hydrogen) atoms. The molecule has 0 spiro atoms. The Bertz CT molecular complexity index is 1470. The van der Waals surface area contributed by atoms with Crippen LogP contribution in [-0.2, 0) is 0 Å². The number of carbonyl (C=O) groups is 1. The van der Waals surface area contributed by atoms with Crippen molar-refractivity contribution in [3.63, 3.8) is 0 Å². The van der Waals surface area contributed by atoms with Gasteiger partial charge in [-0.15, -0.1) is 11.3 Å². The summed E-state index contributed by atoms with van der Waals surface area (Å²) in [5.74, 6) is -0.495. The molecular weight excluding hydrogens is 446 g/mol. The molecule has 6 rings (SSSR count). The highest BCUT2D eigenvalue weighted by Crippen LogP contribution is 2.55. The fourth-order valence-corrected chi connectivity index (χ4v) is 6.22. The van der Waals surface area contributed by atoms with Gasteiger partial charge in [0.25, 0.3) is 0 Å². The Labute approximate surface area is 201 Å². The van der Waals surface area contributed by atoms with E-state index in [4.69, 9.17) is 0 Å². The van der Waals surface area contributed by atoms with Crippen LogP contribution in [0, 0.1) is 11.8 Å². The molecule has 2 aliphatic carbocycles. The van der Waals surface area contributed by atoms with Crippen molar-refractivity contribution < 1.29 is 9.90 Å². The van der Waals surface area contributed by atoms with Gasteiger partial charge in [-0.05, 0) is 68.7 Å². The van der Waals surface area contributed by atoms with Crippen molar-refractivity contribution in [2.45, 2.75) is 51.7 Å². The van der Waals surface area contributed by atoms with Gasteiger partial charge < -0.3 is 9.67 Å². The number of pyridine rings is 1. The zero-order valence-corrected chi connectivity index (χ0v) is 20.3. The largest absolute Gasteiger partial charge is 0.477 e. The normalized spacial score (nSPS) is 22.0. The van der Waals surface area contributed by atoms with E-state index in [1.54, 1.807) is 11.3 Å². The van der Waals surface area contributed by atoms with Gasteiger partial charge in [-0.1, -0.05) is 18.2 Å². The lowest BCUT2D eigenvalue weighted by molar-refractivity contribution is 0.0694. The van der Waals surface area contributed by atoms with Crippen molar-refractivity contribution in [1.29, 1.82) is 0 Å². The third-order valence-corrected chi connectivity index (χ3v) is 7.75. The number of rotatable bonds is 4. The second-order valence-corrected chi connectivity index (χ2v) is 11.5. The lowest BCUT2D eigenvalue weighted by Crippen LogP contribution is -2.44. The van der Waals surface area contributed by atoms with E-state index in [2.05, 4.69) is 55.3 Å². The Hall–Kier alpha value is -3.03. The summed E-state index contributed by atoms with van der Waals surface area (Å²) in [5.41, 5.74) is 7.65. The Morgan fingerprint density at radius 1 is 1.26 bits per heavy atom. The van der Waals surface area contributed by atoms with E-state index in [-0.39, 0.29) is 23.2 Å². The van der Waals surface area contributed by atoms with E-state index < -0.39 is 11.4 Å². The van der Waals surface area contributed by atoms with Crippen LogP contribution >= 0.6 is 11.3 Å². The number of thiazole rings is 1. The van der Waals surface area contributed by atoms with Crippen LogP contribution in [0.15, 0.2) is 52.4 Å².